The Kier molecular flexibility index (Phi) is 2.88. The van der Waals surface area contributed by atoms with Gasteiger partial charge in [0.25, 0.3) is 0 Å². The Labute approximate surface area is 111 Å². The Hall–Kier alpha value is -0.970. The predicted molar refractivity (Wildman–Crippen MR) is 68.6 cm³/mol. The van der Waals surface area contributed by atoms with Crippen LogP contribution in [0.2, 0.25) is 5.02 Å². The number of benzene rings is 1. The molecule has 2 unspecified atom stereocenters. The molecule has 1 aromatic rings. The predicted octanol–water partition coefficient (Wildman–Crippen LogP) is 1.94. The van der Waals surface area contributed by atoms with E-state index in [1.807, 2.05) is 12.1 Å². The van der Waals surface area contributed by atoms with E-state index in [0.717, 1.165) is 25.1 Å². The Morgan fingerprint density at radius 3 is 2.72 bits per heavy atom. The average Bonchev–Trinajstić information content (AvgIpc) is 2.99. The van der Waals surface area contributed by atoms with Crippen LogP contribution in [-0.4, -0.2) is 33.4 Å². The van der Waals surface area contributed by atoms with Gasteiger partial charge < -0.3 is 19.5 Å². The van der Waals surface area contributed by atoms with E-state index in [2.05, 4.69) is 5.32 Å². The van der Waals surface area contributed by atoms with Gasteiger partial charge in [-0.1, -0.05) is 11.6 Å². The Bertz CT molecular complexity index is 470. The highest BCUT2D eigenvalue weighted by Gasteiger charge is 2.47. The molecule has 2 aliphatic heterocycles. The Morgan fingerprint density at radius 2 is 2.22 bits per heavy atom. The van der Waals surface area contributed by atoms with E-state index in [9.17, 15) is 0 Å². The van der Waals surface area contributed by atoms with Crippen molar-refractivity contribution in [1.29, 1.82) is 0 Å². The summed E-state index contributed by atoms with van der Waals surface area (Å²) in [5, 5.41) is 4.00. The molecule has 2 saturated heterocycles. The summed E-state index contributed by atoms with van der Waals surface area (Å²) in [6, 6.07) is 4.33. The van der Waals surface area contributed by atoms with Crippen LogP contribution in [0.15, 0.2) is 12.1 Å². The molecule has 5 heteroatoms. The van der Waals surface area contributed by atoms with Crippen molar-refractivity contribution in [2.45, 2.75) is 18.1 Å². The topological polar surface area (TPSA) is 39.7 Å². The standard InChI is InChI=1S/C13H16ClNO3/c1-16-11-4-8(3-10(14)12(11)17-2)13-5-9(6-18-13)15-7-13/h3-4,9,15H,5-7H2,1-2H3. The third-order valence-electron chi connectivity index (χ3n) is 3.77. The molecule has 2 atom stereocenters. The molecule has 2 heterocycles. The maximum Gasteiger partial charge on any atom is 0.179 e. The molecule has 0 aliphatic carbocycles. The fourth-order valence-corrected chi connectivity index (χ4v) is 3.11. The lowest BCUT2D eigenvalue weighted by Gasteiger charge is -2.28. The van der Waals surface area contributed by atoms with Gasteiger partial charge in [0.15, 0.2) is 11.5 Å². The normalized spacial score (nSPS) is 29.6. The maximum atomic E-state index is 6.24. The number of ether oxygens (including phenoxy) is 3. The monoisotopic (exact) mass is 269 g/mol. The van der Waals surface area contributed by atoms with Crippen LogP contribution in [0.1, 0.15) is 12.0 Å². The summed E-state index contributed by atoms with van der Waals surface area (Å²) >= 11 is 6.24. The van der Waals surface area contributed by atoms with Crippen molar-refractivity contribution in [2.24, 2.45) is 0 Å². The van der Waals surface area contributed by atoms with Crippen LogP contribution in [0, 0.1) is 0 Å². The molecule has 98 valence electrons. The van der Waals surface area contributed by atoms with Crippen LogP contribution < -0.4 is 14.8 Å². The lowest BCUT2D eigenvalue weighted by Crippen LogP contribution is -2.37. The second-order valence-corrected chi connectivity index (χ2v) is 5.19. The number of fused-ring (bicyclic) bond motifs is 2. The third kappa shape index (κ3) is 1.67. The molecule has 2 fully saturated rings. The Morgan fingerprint density at radius 1 is 1.39 bits per heavy atom. The molecule has 0 radical (unpaired) electrons. The van der Waals surface area contributed by atoms with Gasteiger partial charge in [0.2, 0.25) is 0 Å². The number of morpholine rings is 1. The zero-order chi connectivity index (χ0) is 12.8. The molecule has 0 amide bonds. The van der Waals surface area contributed by atoms with E-state index in [0.29, 0.717) is 22.6 Å². The van der Waals surface area contributed by atoms with Crippen LogP contribution in [0.4, 0.5) is 0 Å². The molecule has 1 N–H and O–H groups in total. The average molecular weight is 270 g/mol. The zero-order valence-electron chi connectivity index (χ0n) is 10.5. The summed E-state index contributed by atoms with van der Waals surface area (Å²) in [7, 11) is 3.20. The van der Waals surface area contributed by atoms with Crippen molar-refractivity contribution in [3.8, 4) is 11.5 Å². The van der Waals surface area contributed by atoms with Crippen molar-refractivity contribution >= 4 is 11.6 Å². The number of nitrogens with one attached hydrogen (secondary N) is 1. The molecular formula is C13H16ClNO3. The summed E-state index contributed by atoms with van der Waals surface area (Å²) in [5.74, 6) is 1.22. The first kappa shape index (κ1) is 12.1. The highest BCUT2D eigenvalue weighted by Crippen LogP contribution is 2.45. The summed E-state index contributed by atoms with van der Waals surface area (Å²) in [4.78, 5) is 0. The summed E-state index contributed by atoms with van der Waals surface area (Å²) < 4.78 is 16.5. The third-order valence-corrected chi connectivity index (χ3v) is 4.05. The van der Waals surface area contributed by atoms with Crippen LogP contribution in [0.25, 0.3) is 0 Å². The van der Waals surface area contributed by atoms with Crippen molar-refractivity contribution in [3.05, 3.63) is 22.7 Å². The van der Waals surface area contributed by atoms with Gasteiger partial charge in [-0.15, -0.1) is 0 Å². The Balaban J connectivity index is 2.05. The smallest absolute Gasteiger partial charge is 0.179 e. The number of methoxy groups -OCH3 is 2. The van der Waals surface area contributed by atoms with Gasteiger partial charge in [0.05, 0.1) is 25.8 Å². The van der Waals surface area contributed by atoms with Crippen LogP contribution in [0.3, 0.4) is 0 Å². The minimum Gasteiger partial charge on any atom is -0.493 e. The first-order valence-electron chi connectivity index (χ1n) is 5.98. The molecule has 0 saturated carbocycles. The van der Waals surface area contributed by atoms with Crippen LogP contribution in [-0.2, 0) is 10.3 Å². The van der Waals surface area contributed by atoms with Gasteiger partial charge in [-0.2, -0.15) is 0 Å². The second kappa shape index (κ2) is 4.30. The van der Waals surface area contributed by atoms with E-state index < -0.39 is 0 Å². The maximum absolute atomic E-state index is 6.24. The first-order chi connectivity index (χ1) is 8.68. The van der Waals surface area contributed by atoms with Gasteiger partial charge in [0.1, 0.15) is 5.60 Å². The van der Waals surface area contributed by atoms with E-state index in [1.165, 1.54) is 0 Å². The van der Waals surface area contributed by atoms with Gasteiger partial charge >= 0.3 is 0 Å². The molecule has 0 aromatic heterocycles. The van der Waals surface area contributed by atoms with Crippen molar-refractivity contribution in [3.63, 3.8) is 0 Å². The van der Waals surface area contributed by atoms with Crippen molar-refractivity contribution in [2.75, 3.05) is 27.4 Å². The molecule has 0 spiro atoms. The number of hydrogen-bond donors (Lipinski definition) is 1. The fourth-order valence-electron chi connectivity index (χ4n) is 2.82. The molecule has 2 bridgehead atoms. The van der Waals surface area contributed by atoms with Gasteiger partial charge in [-0.05, 0) is 24.1 Å². The SMILES string of the molecule is COc1cc(C23CNC(CO2)C3)cc(Cl)c1OC. The van der Waals surface area contributed by atoms with E-state index in [4.69, 9.17) is 25.8 Å². The van der Waals surface area contributed by atoms with E-state index in [1.54, 1.807) is 14.2 Å². The molecule has 3 rings (SSSR count). The first-order valence-corrected chi connectivity index (χ1v) is 6.36. The summed E-state index contributed by atoms with van der Waals surface area (Å²) in [6.45, 7) is 1.58. The number of halogens is 1. The lowest BCUT2D eigenvalue weighted by molar-refractivity contribution is -0.00973. The molecule has 2 aliphatic rings. The largest absolute Gasteiger partial charge is 0.493 e. The molecule has 4 nitrogen and oxygen atoms in total. The van der Waals surface area contributed by atoms with Crippen molar-refractivity contribution < 1.29 is 14.2 Å². The lowest BCUT2D eigenvalue weighted by atomic mass is 9.92. The number of hydrogen-bond acceptors (Lipinski definition) is 4. The highest BCUT2D eigenvalue weighted by atomic mass is 35.5. The molecule has 1 aromatic carbocycles. The molecular weight excluding hydrogens is 254 g/mol. The van der Waals surface area contributed by atoms with Crippen LogP contribution >= 0.6 is 11.6 Å². The zero-order valence-corrected chi connectivity index (χ0v) is 11.2. The van der Waals surface area contributed by atoms with Gasteiger partial charge in [0, 0.05) is 12.6 Å². The summed E-state index contributed by atoms with van der Waals surface area (Å²) in [5.41, 5.74) is 0.797. The number of rotatable bonds is 3. The van der Waals surface area contributed by atoms with E-state index in [-0.39, 0.29) is 5.60 Å². The summed E-state index contributed by atoms with van der Waals surface area (Å²) in [6.07, 6.45) is 0.985. The van der Waals surface area contributed by atoms with Crippen molar-refractivity contribution in [1.82, 2.24) is 5.32 Å². The minimum absolute atomic E-state index is 0.256. The minimum atomic E-state index is -0.256. The quantitative estimate of drug-likeness (QED) is 0.910. The van der Waals surface area contributed by atoms with Crippen LogP contribution in [0.5, 0.6) is 11.5 Å². The van der Waals surface area contributed by atoms with E-state index >= 15 is 0 Å². The van der Waals surface area contributed by atoms with Gasteiger partial charge in [-0.25, -0.2) is 0 Å². The fraction of sp³-hybridized carbons (Fsp3) is 0.538. The second-order valence-electron chi connectivity index (χ2n) is 4.78. The van der Waals surface area contributed by atoms with Gasteiger partial charge in [-0.3, -0.25) is 0 Å². The highest BCUT2D eigenvalue weighted by molar-refractivity contribution is 6.32. The molecule has 18 heavy (non-hydrogen) atoms.